The molecular formula is C29H36FN9O2S2. The molecule has 4 aromatic rings. The van der Waals surface area contributed by atoms with Gasteiger partial charge < -0.3 is 15.5 Å². The van der Waals surface area contributed by atoms with Crippen molar-refractivity contribution >= 4 is 44.7 Å². The number of anilines is 4. The van der Waals surface area contributed by atoms with Crippen LogP contribution in [0.1, 0.15) is 32.7 Å². The Kier molecular flexibility index (Phi) is 8.92. The Morgan fingerprint density at radius 2 is 1.86 bits per heavy atom. The summed E-state index contributed by atoms with van der Waals surface area (Å²) in [5.41, 5.74) is 1.67. The first-order chi connectivity index (χ1) is 20.5. The fraction of sp³-hybridized carbons (Fsp3) is 0.379. The van der Waals surface area contributed by atoms with Crippen molar-refractivity contribution in [3.8, 4) is 21.8 Å². The second-order valence-electron chi connectivity index (χ2n) is 11.2. The fourth-order valence-corrected chi connectivity index (χ4v) is 6.45. The summed E-state index contributed by atoms with van der Waals surface area (Å²) >= 11 is 1.41. The van der Waals surface area contributed by atoms with E-state index < -0.39 is 16.0 Å². The second-order valence-corrected chi connectivity index (χ2v) is 13.9. The Morgan fingerprint density at radius 3 is 2.53 bits per heavy atom. The molecule has 1 aliphatic rings. The Hall–Kier alpha value is -3.72. The summed E-state index contributed by atoms with van der Waals surface area (Å²) in [5, 5.41) is 7.30. The molecule has 0 saturated carbocycles. The lowest BCUT2D eigenvalue weighted by Crippen LogP contribution is -2.43. The van der Waals surface area contributed by atoms with Crippen molar-refractivity contribution in [3.05, 3.63) is 59.6 Å². The number of nitrogens with one attached hydrogen (secondary N) is 3. The van der Waals surface area contributed by atoms with Gasteiger partial charge in [-0.15, -0.1) is 11.3 Å². The molecule has 43 heavy (non-hydrogen) atoms. The molecule has 0 bridgehead atoms. The topological polar surface area (TPSA) is 128 Å². The lowest BCUT2D eigenvalue weighted by atomic mass is 9.98. The van der Waals surface area contributed by atoms with E-state index in [9.17, 15) is 8.42 Å². The molecule has 1 aliphatic heterocycles. The Labute approximate surface area is 255 Å². The van der Waals surface area contributed by atoms with E-state index in [1.165, 1.54) is 24.5 Å². The highest BCUT2D eigenvalue weighted by atomic mass is 32.2. The summed E-state index contributed by atoms with van der Waals surface area (Å²) in [4.78, 5) is 21.4. The maximum atomic E-state index is 16.0. The highest BCUT2D eigenvalue weighted by Gasteiger charge is 2.27. The van der Waals surface area contributed by atoms with Crippen molar-refractivity contribution in [2.75, 3.05) is 54.7 Å². The summed E-state index contributed by atoms with van der Waals surface area (Å²) in [6.45, 7) is 11.8. The third kappa shape index (κ3) is 6.93. The molecule has 0 radical (unpaired) electrons. The number of piperazine rings is 1. The highest BCUT2D eigenvalue weighted by Crippen LogP contribution is 2.42. The Bertz CT molecular complexity index is 1680. The first-order valence-electron chi connectivity index (χ1n) is 14.0. The predicted molar refractivity (Wildman–Crippen MR) is 171 cm³/mol. The van der Waals surface area contributed by atoms with Crippen molar-refractivity contribution in [2.24, 2.45) is 0 Å². The van der Waals surface area contributed by atoms with E-state index in [1.54, 1.807) is 31.3 Å². The van der Waals surface area contributed by atoms with Gasteiger partial charge in [0.25, 0.3) is 0 Å². The molecule has 5 rings (SSSR count). The number of hydrogen-bond donors (Lipinski definition) is 3. The van der Waals surface area contributed by atoms with E-state index in [0.29, 0.717) is 28.0 Å². The summed E-state index contributed by atoms with van der Waals surface area (Å²) in [6, 6.07) is 10.2. The molecule has 3 aromatic heterocycles. The first kappa shape index (κ1) is 30.7. The fourth-order valence-electron chi connectivity index (χ4n) is 4.41. The van der Waals surface area contributed by atoms with Crippen molar-refractivity contribution in [3.63, 3.8) is 0 Å². The summed E-state index contributed by atoms with van der Waals surface area (Å²) in [5.74, 6) is 0.212. The van der Waals surface area contributed by atoms with Crippen LogP contribution in [0.3, 0.4) is 0 Å². The predicted octanol–water partition coefficient (Wildman–Crippen LogP) is 4.86. The van der Waals surface area contributed by atoms with E-state index in [2.05, 4.69) is 30.2 Å². The number of halogens is 1. The van der Waals surface area contributed by atoms with Crippen LogP contribution in [0.15, 0.2) is 48.8 Å². The lowest BCUT2D eigenvalue weighted by molar-refractivity contribution is 0.491. The number of hydrogen-bond acceptors (Lipinski definition) is 10. The van der Waals surface area contributed by atoms with Gasteiger partial charge >= 0.3 is 10.2 Å². The molecule has 11 nitrogen and oxygen atoms in total. The molecule has 0 atom stereocenters. The van der Waals surface area contributed by atoms with Gasteiger partial charge in [-0.3, -0.25) is 4.72 Å². The molecule has 0 unspecified atom stereocenters. The molecular weight excluding hydrogens is 590 g/mol. The number of benzene rings is 1. The van der Waals surface area contributed by atoms with Gasteiger partial charge in [0.05, 0.1) is 38.8 Å². The third-order valence-corrected chi connectivity index (χ3v) is 10.0. The van der Waals surface area contributed by atoms with Gasteiger partial charge in [0, 0.05) is 56.9 Å². The van der Waals surface area contributed by atoms with Crippen LogP contribution < -0.4 is 20.3 Å². The Balaban J connectivity index is 1.48. The van der Waals surface area contributed by atoms with Crippen LogP contribution in [0.5, 0.6) is 0 Å². The molecule has 14 heteroatoms. The molecule has 0 amide bonds. The van der Waals surface area contributed by atoms with E-state index in [-0.39, 0.29) is 23.2 Å². The maximum absolute atomic E-state index is 16.0. The van der Waals surface area contributed by atoms with Crippen molar-refractivity contribution in [2.45, 2.75) is 33.1 Å². The maximum Gasteiger partial charge on any atom is 0.301 e. The number of aromatic nitrogens is 4. The standard InChI is InChI=1S/C29H36FN9O2S2/c1-6-38(5)43(40,41)37-21-9-7-8-20(24(21)30)25-26(42-27(36-25)29(2,3)4)22-12-13-32-28(34-22)35-23-11-10-19(18-33-23)39-16-14-31-15-17-39/h7-13,18,31,37H,6,14-17H2,1-5H3,(H,32,33,34,35). The Morgan fingerprint density at radius 1 is 1.09 bits per heavy atom. The van der Waals surface area contributed by atoms with Crippen molar-refractivity contribution in [1.82, 2.24) is 29.6 Å². The van der Waals surface area contributed by atoms with Gasteiger partial charge in [0.1, 0.15) is 5.82 Å². The normalized spacial score (nSPS) is 14.3. The summed E-state index contributed by atoms with van der Waals surface area (Å²) < 4.78 is 44.7. The number of thiazole rings is 1. The van der Waals surface area contributed by atoms with E-state index in [4.69, 9.17) is 9.97 Å². The van der Waals surface area contributed by atoms with Crippen LogP contribution in [0.2, 0.25) is 0 Å². The second kappa shape index (κ2) is 12.5. The minimum Gasteiger partial charge on any atom is -0.368 e. The monoisotopic (exact) mass is 625 g/mol. The molecule has 228 valence electrons. The zero-order valence-electron chi connectivity index (χ0n) is 24.8. The van der Waals surface area contributed by atoms with Crippen LogP contribution in [-0.2, 0) is 15.6 Å². The largest absolute Gasteiger partial charge is 0.368 e. The molecule has 4 heterocycles. The average molecular weight is 626 g/mol. The van der Waals surface area contributed by atoms with E-state index in [0.717, 1.165) is 41.2 Å². The van der Waals surface area contributed by atoms with Crippen molar-refractivity contribution in [1.29, 1.82) is 0 Å². The van der Waals surface area contributed by atoms with Crippen LogP contribution in [-0.4, -0.2) is 72.4 Å². The molecule has 1 aromatic carbocycles. The minimum atomic E-state index is -3.92. The van der Waals surface area contributed by atoms with Gasteiger partial charge in [-0.25, -0.2) is 24.3 Å². The van der Waals surface area contributed by atoms with Gasteiger partial charge in [-0.05, 0) is 30.3 Å². The van der Waals surface area contributed by atoms with Gasteiger partial charge in [0.2, 0.25) is 5.95 Å². The van der Waals surface area contributed by atoms with Crippen LogP contribution in [0.4, 0.5) is 27.5 Å². The smallest absolute Gasteiger partial charge is 0.301 e. The zero-order valence-corrected chi connectivity index (χ0v) is 26.5. The highest BCUT2D eigenvalue weighted by molar-refractivity contribution is 7.90. The molecule has 1 fully saturated rings. The summed E-state index contributed by atoms with van der Waals surface area (Å²) in [6.07, 6.45) is 3.46. The van der Waals surface area contributed by atoms with Crippen LogP contribution in [0.25, 0.3) is 21.8 Å². The van der Waals surface area contributed by atoms with Gasteiger partial charge in [-0.1, -0.05) is 33.8 Å². The average Bonchev–Trinajstić information content (AvgIpc) is 3.45. The van der Waals surface area contributed by atoms with Crippen molar-refractivity contribution < 1.29 is 12.8 Å². The van der Waals surface area contributed by atoms with Crippen LogP contribution in [0, 0.1) is 5.82 Å². The molecule has 1 saturated heterocycles. The lowest BCUT2D eigenvalue weighted by Gasteiger charge is -2.29. The number of pyridine rings is 1. The van der Waals surface area contributed by atoms with Crippen LogP contribution >= 0.6 is 11.3 Å². The molecule has 3 N–H and O–H groups in total. The first-order valence-corrected chi connectivity index (χ1v) is 16.3. The third-order valence-electron chi connectivity index (χ3n) is 6.98. The van der Waals surface area contributed by atoms with Gasteiger partial charge in [-0.2, -0.15) is 12.7 Å². The van der Waals surface area contributed by atoms with E-state index >= 15 is 4.39 Å². The van der Waals surface area contributed by atoms with E-state index in [1.807, 2.05) is 39.1 Å². The number of nitrogens with zero attached hydrogens (tertiary/aromatic N) is 6. The van der Waals surface area contributed by atoms with Gasteiger partial charge in [0.15, 0.2) is 5.82 Å². The SMILES string of the molecule is CCN(C)S(=O)(=O)Nc1cccc(-c2nc(C(C)(C)C)sc2-c2ccnc(Nc3ccc(N4CCNCC4)cn3)n2)c1F. The zero-order chi connectivity index (χ0) is 30.8. The number of rotatable bonds is 9. The molecule has 0 aliphatic carbocycles. The minimum absolute atomic E-state index is 0.158. The summed E-state index contributed by atoms with van der Waals surface area (Å²) in [7, 11) is -2.50. The molecule has 0 spiro atoms. The quantitative estimate of drug-likeness (QED) is 0.239.